The first-order valence-electron chi connectivity index (χ1n) is 6.13. The number of aliphatic carboxylic acids is 1. The number of carboxylic acid groups (broad SMARTS) is 1. The number of carbonyl (C=O) groups excluding carboxylic acids is 1. The van der Waals surface area contributed by atoms with Crippen LogP contribution in [-0.2, 0) is 14.3 Å². The molecule has 1 aliphatic rings. The van der Waals surface area contributed by atoms with Crippen LogP contribution >= 0.6 is 67.8 Å². The number of carboxylic acids is 1. The van der Waals surface area contributed by atoms with Crippen molar-refractivity contribution in [2.24, 2.45) is 0 Å². The third kappa shape index (κ3) is 3.63. The van der Waals surface area contributed by atoms with E-state index in [0.29, 0.717) is 13.2 Å². The Hall–Kier alpha value is 0.310. The lowest BCUT2D eigenvalue weighted by Crippen LogP contribution is -2.42. The zero-order valence-corrected chi connectivity index (χ0v) is 17.5. The molecule has 8 heteroatoms. The molecule has 21 heavy (non-hydrogen) atoms. The van der Waals surface area contributed by atoms with E-state index in [0.717, 1.165) is 22.0 Å². The van der Waals surface area contributed by atoms with Crippen molar-refractivity contribution in [3.8, 4) is 0 Å². The van der Waals surface area contributed by atoms with Gasteiger partial charge in [-0.25, -0.2) is 0 Å². The Morgan fingerprint density at radius 1 is 1.38 bits per heavy atom. The highest BCUT2D eigenvalue weighted by Gasteiger charge is 2.29. The molecule has 1 unspecified atom stereocenters. The molecule has 0 saturated carbocycles. The molecule has 1 aromatic rings. The Kier molecular flexibility index (Phi) is 6.10. The molecule has 1 N–H and O–H groups in total. The molecule has 0 aliphatic carbocycles. The van der Waals surface area contributed by atoms with Gasteiger partial charge in [-0.15, -0.1) is 0 Å². The summed E-state index contributed by atoms with van der Waals surface area (Å²) in [5.74, 6) is -1.57. The number of rotatable bonds is 3. The van der Waals surface area contributed by atoms with Gasteiger partial charge in [0.05, 0.1) is 18.2 Å². The molecular formula is C13H12I3NO4. The number of nitrogens with zero attached hydrogens (tertiary/aromatic N) is 1. The van der Waals surface area contributed by atoms with Crippen molar-refractivity contribution in [1.82, 2.24) is 0 Å². The van der Waals surface area contributed by atoms with Gasteiger partial charge in [0.1, 0.15) is 6.61 Å². The summed E-state index contributed by atoms with van der Waals surface area (Å²) in [6, 6.07) is 1.93. The average molecular weight is 627 g/mol. The van der Waals surface area contributed by atoms with Crippen LogP contribution in [0.2, 0.25) is 0 Å². The second kappa shape index (κ2) is 7.25. The third-order valence-electron chi connectivity index (χ3n) is 3.24. The van der Waals surface area contributed by atoms with E-state index in [9.17, 15) is 14.7 Å². The molecule has 0 bridgehead atoms. The Morgan fingerprint density at radius 2 is 2.05 bits per heavy atom. The zero-order chi connectivity index (χ0) is 15.7. The van der Waals surface area contributed by atoms with Crippen LogP contribution in [0.15, 0.2) is 6.07 Å². The second-order valence-corrected chi connectivity index (χ2v) is 7.98. The van der Waals surface area contributed by atoms with Crippen LogP contribution in [0, 0.1) is 10.7 Å². The minimum absolute atomic E-state index is 0.0714. The van der Waals surface area contributed by atoms with Gasteiger partial charge in [-0.3, -0.25) is 9.59 Å². The number of carbonyl (C=O) groups is 2. The summed E-state index contributed by atoms with van der Waals surface area (Å²) >= 11 is 6.49. The van der Waals surface area contributed by atoms with Gasteiger partial charge >= 0.3 is 5.97 Å². The van der Waals surface area contributed by atoms with Crippen molar-refractivity contribution in [3.63, 3.8) is 0 Å². The molecule has 5 nitrogen and oxygen atoms in total. The van der Waals surface area contributed by atoms with Crippen molar-refractivity contribution in [3.05, 3.63) is 22.3 Å². The summed E-state index contributed by atoms with van der Waals surface area (Å²) < 4.78 is 7.84. The predicted molar refractivity (Wildman–Crippen MR) is 104 cm³/mol. The van der Waals surface area contributed by atoms with Crippen LogP contribution in [-0.4, -0.2) is 36.7 Å². The summed E-state index contributed by atoms with van der Waals surface area (Å²) in [5, 5.41) is 9.30. The van der Waals surface area contributed by atoms with E-state index in [1.54, 1.807) is 11.8 Å². The minimum atomic E-state index is -0.869. The van der Waals surface area contributed by atoms with E-state index in [-0.39, 0.29) is 12.5 Å². The Labute approximate surface area is 163 Å². The zero-order valence-electron chi connectivity index (χ0n) is 11.0. The van der Waals surface area contributed by atoms with E-state index in [4.69, 9.17) is 4.74 Å². The van der Waals surface area contributed by atoms with E-state index >= 15 is 0 Å². The molecule has 1 fully saturated rings. The van der Waals surface area contributed by atoms with Crippen LogP contribution in [0.1, 0.15) is 18.4 Å². The smallest absolute Gasteiger partial charge is 0.310 e. The van der Waals surface area contributed by atoms with Gasteiger partial charge in [-0.05, 0) is 86.3 Å². The SMILES string of the molecule is CC(C(=O)O)c1c(I)cc(I)c(N2CCOCC2=O)c1I. The summed E-state index contributed by atoms with van der Waals surface area (Å²) in [6.07, 6.45) is 0. The summed E-state index contributed by atoms with van der Waals surface area (Å²) in [5.41, 5.74) is 1.56. The molecular weight excluding hydrogens is 615 g/mol. The van der Waals surface area contributed by atoms with E-state index in [1.165, 1.54) is 0 Å². The molecule has 1 aromatic carbocycles. The number of anilines is 1. The fraction of sp³-hybridized carbons (Fsp3) is 0.385. The maximum absolute atomic E-state index is 12.1. The van der Waals surface area contributed by atoms with Gasteiger partial charge in [-0.1, -0.05) is 0 Å². The topological polar surface area (TPSA) is 66.8 Å². The summed E-state index contributed by atoms with van der Waals surface area (Å²) in [7, 11) is 0. The Bertz CT molecular complexity index is 606. The number of benzene rings is 1. The fourth-order valence-corrected chi connectivity index (χ4v) is 7.00. The number of hydrogen-bond acceptors (Lipinski definition) is 3. The normalized spacial score (nSPS) is 17.0. The summed E-state index contributed by atoms with van der Waals surface area (Å²) in [6.45, 7) is 2.72. The molecule has 0 radical (unpaired) electrons. The van der Waals surface area contributed by atoms with Crippen molar-refractivity contribution in [1.29, 1.82) is 0 Å². The molecule has 1 saturated heterocycles. The van der Waals surface area contributed by atoms with Crippen molar-refractivity contribution in [2.45, 2.75) is 12.8 Å². The first-order chi connectivity index (χ1) is 9.84. The lowest BCUT2D eigenvalue weighted by molar-refractivity contribution is -0.138. The maximum atomic E-state index is 12.1. The van der Waals surface area contributed by atoms with E-state index in [1.807, 2.05) is 6.07 Å². The van der Waals surface area contributed by atoms with Gasteiger partial charge in [0.15, 0.2) is 0 Å². The molecule has 2 rings (SSSR count). The highest BCUT2D eigenvalue weighted by molar-refractivity contribution is 14.1. The number of halogens is 3. The molecule has 1 atom stereocenters. The molecule has 0 spiro atoms. The number of ether oxygens (including phenoxy) is 1. The van der Waals surface area contributed by atoms with Crippen molar-refractivity contribution in [2.75, 3.05) is 24.7 Å². The number of hydrogen-bond donors (Lipinski definition) is 1. The van der Waals surface area contributed by atoms with Crippen LogP contribution in [0.5, 0.6) is 0 Å². The van der Waals surface area contributed by atoms with Crippen molar-refractivity contribution < 1.29 is 19.4 Å². The average Bonchev–Trinajstić information content (AvgIpc) is 2.40. The van der Waals surface area contributed by atoms with E-state index in [2.05, 4.69) is 67.8 Å². The Balaban J connectivity index is 2.58. The van der Waals surface area contributed by atoms with Gasteiger partial charge in [0.2, 0.25) is 0 Å². The van der Waals surface area contributed by atoms with Crippen LogP contribution in [0.25, 0.3) is 0 Å². The van der Waals surface area contributed by atoms with Crippen molar-refractivity contribution >= 4 is 85.3 Å². The van der Waals surface area contributed by atoms with Gasteiger partial charge in [0, 0.05) is 17.3 Å². The monoisotopic (exact) mass is 627 g/mol. The lowest BCUT2D eigenvalue weighted by Gasteiger charge is -2.30. The van der Waals surface area contributed by atoms with Crippen LogP contribution in [0.3, 0.4) is 0 Å². The maximum Gasteiger partial charge on any atom is 0.310 e. The first-order valence-corrected chi connectivity index (χ1v) is 9.36. The molecule has 1 aliphatic heterocycles. The quantitative estimate of drug-likeness (QED) is 0.524. The number of morpholine rings is 1. The van der Waals surface area contributed by atoms with Gasteiger partial charge < -0.3 is 14.7 Å². The lowest BCUT2D eigenvalue weighted by atomic mass is 10.0. The standard InChI is InChI=1S/C13H12I3NO4/c1-6(13(19)20)10-7(14)4-8(15)12(11(10)16)17-2-3-21-5-9(17)18/h4,6H,2-3,5H2,1H3,(H,19,20). The molecule has 0 aromatic heterocycles. The molecule has 114 valence electrons. The molecule has 1 amide bonds. The second-order valence-electron chi connectivity index (χ2n) is 4.57. The number of amides is 1. The van der Waals surface area contributed by atoms with Crippen LogP contribution in [0.4, 0.5) is 5.69 Å². The van der Waals surface area contributed by atoms with Crippen LogP contribution < -0.4 is 4.90 Å². The van der Waals surface area contributed by atoms with E-state index < -0.39 is 11.9 Å². The first kappa shape index (κ1) is 17.7. The minimum Gasteiger partial charge on any atom is -0.481 e. The fourth-order valence-electron chi connectivity index (χ4n) is 2.12. The highest BCUT2D eigenvalue weighted by atomic mass is 127. The van der Waals surface area contributed by atoms with Gasteiger partial charge in [-0.2, -0.15) is 0 Å². The Morgan fingerprint density at radius 3 is 2.62 bits per heavy atom. The highest BCUT2D eigenvalue weighted by Crippen LogP contribution is 2.38. The summed E-state index contributed by atoms with van der Waals surface area (Å²) in [4.78, 5) is 25.1. The third-order valence-corrected chi connectivity index (χ3v) is 6.05. The molecule has 1 heterocycles. The van der Waals surface area contributed by atoms with Gasteiger partial charge in [0.25, 0.3) is 5.91 Å². The largest absolute Gasteiger partial charge is 0.481 e. The predicted octanol–water partition coefficient (Wildman–Crippen LogP) is 3.05.